The molecule has 0 radical (unpaired) electrons. The fraction of sp³-hybridized carbons (Fsp3) is 0.667. The maximum Gasteiger partial charge on any atom is 0.433 e. The van der Waals surface area contributed by atoms with Crippen molar-refractivity contribution >= 4 is 11.6 Å². The van der Waals surface area contributed by atoms with Crippen LogP contribution in [0.1, 0.15) is 51.1 Å². The Kier molecular flexibility index (Phi) is 4.41. The van der Waals surface area contributed by atoms with E-state index in [4.69, 9.17) is 0 Å². The van der Waals surface area contributed by atoms with Crippen molar-refractivity contribution in [2.75, 3.05) is 5.32 Å². The molecular weight excluding hydrogens is 307 g/mol. The first kappa shape index (κ1) is 16.0. The molecule has 1 atom stereocenters. The second-order valence-electron chi connectivity index (χ2n) is 6.08. The van der Waals surface area contributed by atoms with Crippen molar-refractivity contribution in [2.24, 2.45) is 5.92 Å². The molecule has 126 valence electrons. The van der Waals surface area contributed by atoms with Gasteiger partial charge in [0, 0.05) is 12.1 Å². The summed E-state index contributed by atoms with van der Waals surface area (Å²) >= 11 is 0. The number of unbranched alkanes of at least 4 members (excludes halogenated alkanes) is 1. The van der Waals surface area contributed by atoms with Crippen LogP contribution in [0.3, 0.4) is 0 Å². The molecule has 1 fully saturated rings. The van der Waals surface area contributed by atoms with Gasteiger partial charge in [-0.15, -0.1) is 0 Å². The zero-order valence-corrected chi connectivity index (χ0v) is 13.0. The van der Waals surface area contributed by atoms with Crippen molar-refractivity contribution in [3.05, 3.63) is 18.1 Å². The Labute approximate surface area is 132 Å². The Bertz CT molecular complexity index is 663. The molecule has 0 saturated heterocycles. The lowest BCUT2D eigenvalue weighted by Crippen LogP contribution is -2.34. The highest BCUT2D eigenvalue weighted by Gasteiger charge is 2.35. The average molecular weight is 327 g/mol. The maximum absolute atomic E-state index is 13.0. The van der Waals surface area contributed by atoms with Gasteiger partial charge in [-0.05, 0) is 25.2 Å². The number of alkyl halides is 3. The number of anilines is 1. The number of hydrogen-bond donors (Lipinski definition) is 1. The summed E-state index contributed by atoms with van der Waals surface area (Å²) < 4.78 is 40.4. The first-order chi connectivity index (χ1) is 11.0. The van der Waals surface area contributed by atoms with E-state index in [0.717, 1.165) is 38.2 Å². The number of rotatable bonds is 6. The first-order valence-electron chi connectivity index (χ1n) is 8.03. The molecule has 0 unspecified atom stereocenters. The molecule has 0 amide bonds. The van der Waals surface area contributed by atoms with Crippen molar-refractivity contribution in [3.63, 3.8) is 0 Å². The fourth-order valence-electron chi connectivity index (χ4n) is 2.94. The van der Waals surface area contributed by atoms with Gasteiger partial charge in [-0.25, -0.2) is 4.98 Å². The molecule has 2 aromatic heterocycles. The minimum absolute atomic E-state index is 0.0369. The molecule has 5 nitrogen and oxygen atoms in total. The molecule has 1 aliphatic carbocycles. The second-order valence-corrected chi connectivity index (χ2v) is 6.08. The molecule has 8 heteroatoms. The van der Waals surface area contributed by atoms with E-state index in [1.807, 2.05) is 0 Å². The normalized spacial score (nSPS) is 17.2. The fourth-order valence-corrected chi connectivity index (χ4v) is 2.94. The van der Waals surface area contributed by atoms with Crippen molar-refractivity contribution in [1.29, 1.82) is 0 Å². The average Bonchev–Trinajstić information content (AvgIpc) is 2.90. The van der Waals surface area contributed by atoms with Gasteiger partial charge < -0.3 is 5.32 Å². The Morgan fingerprint density at radius 3 is 2.78 bits per heavy atom. The Morgan fingerprint density at radius 1 is 1.39 bits per heavy atom. The first-order valence-corrected chi connectivity index (χ1v) is 8.03. The number of aromatic nitrogens is 4. The molecule has 1 saturated carbocycles. The van der Waals surface area contributed by atoms with Crippen LogP contribution in [0, 0.1) is 5.92 Å². The van der Waals surface area contributed by atoms with Crippen LogP contribution in [0.5, 0.6) is 0 Å². The van der Waals surface area contributed by atoms with Crippen LogP contribution in [0.2, 0.25) is 0 Å². The van der Waals surface area contributed by atoms with E-state index < -0.39 is 11.9 Å². The van der Waals surface area contributed by atoms with Crippen LogP contribution in [-0.4, -0.2) is 25.6 Å². The van der Waals surface area contributed by atoms with E-state index in [-0.39, 0.29) is 11.8 Å². The van der Waals surface area contributed by atoms with Crippen molar-refractivity contribution < 1.29 is 13.2 Å². The summed E-state index contributed by atoms with van der Waals surface area (Å²) in [4.78, 5) is 7.34. The minimum Gasteiger partial charge on any atom is -0.367 e. The van der Waals surface area contributed by atoms with Gasteiger partial charge in [0.25, 0.3) is 5.78 Å². The lowest BCUT2D eigenvalue weighted by Gasteiger charge is -2.35. The minimum atomic E-state index is -4.50. The molecule has 1 N–H and O–H groups in total. The molecule has 0 spiro atoms. The molecule has 0 aromatic carbocycles. The van der Waals surface area contributed by atoms with E-state index in [1.165, 1.54) is 17.3 Å². The van der Waals surface area contributed by atoms with E-state index in [9.17, 15) is 13.2 Å². The van der Waals surface area contributed by atoms with E-state index >= 15 is 0 Å². The predicted molar refractivity (Wildman–Crippen MR) is 80.1 cm³/mol. The monoisotopic (exact) mass is 327 g/mol. The third-order valence-electron chi connectivity index (χ3n) is 4.46. The van der Waals surface area contributed by atoms with Crippen molar-refractivity contribution in [2.45, 2.75) is 57.7 Å². The molecular formula is C15H20F3N5. The van der Waals surface area contributed by atoms with Gasteiger partial charge >= 0.3 is 6.18 Å². The number of nitrogens with one attached hydrogen (secondary N) is 1. The van der Waals surface area contributed by atoms with Crippen LogP contribution in [0.25, 0.3) is 5.78 Å². The second kappa shape index (κ2) is 6.33. The Balaban J connectivity index is 1.91. The quantitative estimate of drug-likeness (QED) is 0.874. The summed E-state index contributed by atoms with van der Waals surface area (Å²) in [6.07, 6.45) is 3.22. The molecule has 2 aromatic rings. The highest BCUT2D eigenvalue weighted by atomic mass is 19.4. The Hall–Kier alpha value is -1.86. The van der Waals surface area contributed by atoms with Crippen molar-refractivity contribution in [3.8, 4) is 0 Å². The number of halogens is 3. The van der Waals surface area contributed by atoms with Gasteiger partial charge in [0.05, 0.1) is 0 Å². The summed E-state index contributed by atoms with van der Waals surface area (Å²) in [6, 6.07) is 1.19. The number of nitrogens with zero attached hydrogens (tertiary/aromatic N) is 4. The molecule has 1 aliphatic rings. The molecule has 2 heterocycles. The smallest absolute Gasteiger partial charge is 0.367 e. The number of fused-ring (bicyclic) bond motifs is 1. The molecule has 0 aliphatic heterocycles. The standard InChI is InChI=1S/C15H20F3N5/c1-2-3-7-11(10-5-4-6-10)21-13-8-12(15(16,17)18)22-14-19-9-20-23(13)14/h8-11,21H,2-7H2,1H3/t11-/m0/s1. The third-order valence-corrected chi connectivity index (χ3v) is 4.46. The summed E-state index contributed by atoms with van der Waals surface area (Å²) in [5, 5.41) is 7.27. The Morgan fingerprint density at radius 2 is 2.17 bits per heavy atom. The summed E-state index contributed by atoms with van der Waals surface area (Å²) in [5.41, 5.74) is -0.941. The lowest BCUT2D eigenvalue weighted by atomic mass is 9.78. The zero-order chi connectivity index (χ0) is 16.4. The van der Waals surface area contributed by atoms with Gasteiger partial charge in [-0.2, -0.15) is 27.8 Å². The van der Waals surface area contributed by atoms with Gasteiger partial charge in [0.2, 0.25) is 0 Å². The highest BCUT2D eigenvalue weighted by molar-refractivity contribution is 5.46. The zero-order valence-electron chi connectivity index (χ0n) is 13.0. The van der Waals surface area contributed by atoms with Gasteiger partial charge in [-0.3, -0.25) is 0 Å². The van der Waals surface area contributed by atoms with E-state index in [0.29, 0.717) is 11.7 Å². The topological polar surface area (TPSA) is 55.1 Å². The summed E-state index contributed by atoms with van der Waals surface area (Å²) in [5.74, 6) is 0.792. The van der Waals surface area contributed by atoms with Gasteiger partial charge in [0.15, 0.2) is 5.69 Å². The van der Waals surface area contributed by atoms with Crippen LogP contribution in [0.15, 0.2) is 12.4 Å². The SMILES string of the molecule is CCCC[C@H](Nc1cc(C(F)(F)F)nc2ncnn12)C1CCC1. The van der Waals surface area contributed by atoms with Crippen LogP contribution in [-0.2, 0) is 6.18 Å². The maximum atomic E-state index is 13.0. The van der Waals surface area contributed by atoms with Gasteiger partial charge in [0.1, 0.15) is 12.1 Å². The lowest BCUT2D eigenvalue weighted by molar-refractivity contribution is -0.141. The molecule has 23 heavy (non-hydrogen) atoms. The summed E-state index contributed by atoms with van der Waals surface area (Å²) in [6.45, 7) is 2.11. The van der Waals surface area contributed by atoms with Crippen molar-refractivity contribution in [1.82, 2.24) is 19.6 Å². The third kappa shape index (κ3) is 3.40. The summed E-state index contributed by atoms with van der Waals surface area (Å²) in [7, 11) is 0. The van der Waals surface area contributed by atoms with Crippen LogP contribution in [0.4, 0.5) is 19.0 Å². The van der Waals surface area contributed by atoms with E-state index in [2.05, 4.69) is 27.3 Å². The highest BCUT2D eigenvalue weighted by Crippen LogP contribution is 2.34. The van der Waals surface area contributed by atoms with Crippen LogP contribution >= 0.6 is 0 Å². The van der Waals surface area contributed by atoms with Crippen LogP contribution < -0.4 is 5.32 Å². The largest absolute Gasteiger partial charge is 0.433 e. The van der Waals surface area contributed by atoms with Gasteiger partial charge in [-0.1, -0.05) is 26.2 Å². The predicted octanol–water partition coefficient (Wildman–Crippen LogP) is 3.91. The molecule has 3 rings (SSSR count). The number of hydrogen-bond acceptors (Lipinski definition) is 4. The van der Waals surface area contributed by atoms with E-state index in [1.54, 1.807) is 0 Å². The molecule has 0 bridgehead atoms.